The number of thiazole rings is 1. The lowest BCUT2D eigenvalue weighted by atomic mass is 9.90. The largest absolute Gasteiger partial charge is 0.399 e. The van der Waals surface area contributed by atoms with Crippen molar-refractivity contribution in [2.45, 2.75) is 27.2 Å². The van der Waals surface area contributed by atoms with Crippen LogP contribution in [0.5, 0.6) is 0 Å². The molecule has 3 nitrogen and oxygen atoms in total. The molecule has 1 aromatic heterocycles. The fourth-order valence-corrected chi connectivity index (χ4v) is 2.37. The van der Waals surface area contributed by atoms with Gasteiger partial charge >= 0.3 is 0 Å². The number of anilines is 2. The topological polar surface area (TPSA) is 50.9 Å². The zero-order chi connectivity index (χ0) is 12.5. The fraction of sp³-hybridized carbons (Fsp3) is 0.462. The third kappa shape index (κ3) is 2.88. The third-order valence-corrected chi connectivity index (χ3v) is 4.06. The Balaban J connectivity index is 2.15. The lowest BCUT2D eigenvalue weighted by Gasteiger charge is -2.22. The molecule has 1 aromatic carbocycles. The van der Waals surface area contributed by atoms with Crippen LogP contribution < -0.4 is 11.1 Å². The Morgan fingerprint density at radius 3 is 2.88 bits per heavy atom. The minimum absolute atomic E-state index is 0.302. The Morgan fingerprint density at radius 1 is 1.41 bits per heavy atom. The fourth-order valence-electron chi connectivity index (χ4n) is 1.46. The highest BCUT2D eigenvalue weighted by atomic mass is 32.1. The van der Waals surface area contributed by atoms with E-state index < -0.39 is 0 Å². The number of nitrogens with one attached hydrogen (secondary N) is 1. The molecule has 2 rings (SSSR count). The van der Waals surface area contributed by atoms with Crippen LogP contribution in [0, 0.1) is 5.41 Å². The second-order valence-corrected chi connectivity index (χ2v) is 6.15. The van der Waals surface area contributed by atoms with E-state index in [0.717, 1.165) is 34.0 Å². The second-order valence-electron chi connectivity index (χ2n) is 5.12. The van der Waals surface area contributed by atoms with Gasteiger partial charge in [0.25, 0.3) is 0 Å². The highest BCUT2D eigenvalue weighted by Gasteiger charge is 2.15. The number of aromatic nitrogens is 1. The van der Waals surface area contributed by atoms with Gasteiger partial charge < -0.3 is 11.1 Å². The molecule has 0 radical (unpaired) electrons. The number of hydrogen-bond acceptors (Lipinski definition) is 4. The molecule has 0 amide bonds. The smallest absolute Gasteiger partial charge is 0.183 e. The molecule has 0 bridgehead atoms. The van der Waals surface area contributed by atoms with Crippen LogP contribution in [0.2, 0.25) is 0 Å². The van der Waals surface area contributed by atoms with Gasteiger partial charge in [0.05, 0.1) is 10.2 Å². The molecule has 0 unspecified atom stereocenters. The quantitative estimate of drug-likeness (QED) is 0.812. The number of rotatable bonds is 4. The molecule has 17 heavy (non-hydrogen) atoms. The van der Waals surface area contributed by atoms with E-state index in [4.69, 9.17) is 5.73 Å². The van der Waals surface area contributed by atoms with E-state index in [9.17, 15) is 0 Å². The molecule has 3 N–H and O–H groups in total. The average molecular weight is 249 g/mol. The Labute approximate surface area is 106 Å². The van der Waals surface area contributed by atoms with E-state index in [1.807, 2.05) is 18.2 Å². The zero-order valence-electron chi connectivity index (χ0n) is 10.6. The third-order valence-electron chi connectivity index (χ3n) is 3.09. The lowest BCUT2D eigenvalue weighted by Crippen LogP contribution is -2.21. The molecule has 0 aliphatic rings. The Kier molecular flexibility index (Phi) is 3.24. The summed E-state index contributed by atoms with van der Waals surface area (Å²) in [6.07, 6.45) is 1.15. The van der Waals surface area contributed by atoms with Gasteiger partial charge in [0.2, 0.25) is 0 Å². The van der Waals surface area contributed by atoms with Crippen LogP contribution in [-0.2, 0) is 0 Å². The second kappa shape index (κ2) is 4.53. The summed E-state index contributed by atoms with van der Waals surface area (Å²) >= 11 is 1.66. The molecule has 0 saturated heterocycles. The molecule has 0 atom stereocenters. The van der Waals surface area contributed by atoms with Crippen molar-refractivity contribution >= 4 is 32.4 Å². The summed E-state index contributed by atoms with van der Waals surface area (Å²) in [4.78, 5) is 4.54. The van der Waals surface area contributed by atoms with Gasteiger partial charge in [-0.3, -0.25) is 0 Å². The molecule has 0 spiro atoms. The summed E-state index contributed by atoms with van der Waals surface area (Å²) in [5, 5.41) is 4.39. The van der Waals surface area contributed by atoms with Gasteiger partial charge in [0, 0.05) is 12.2 Å². The van der Waals surface area contributed by atoms with Crippen LogP contribution in [0.15, 0.2) is 18.2 Å². The molecule has 0 saturated carbocycles. The predicted octanol–water partition coefficient (Wildman–Crippen LogP) is 3.73. The van der Waals surface area contributed by atoms with Crippen molar-refractivity contribution < 1.29 is 0 Å². The zero-order valence-corrected chi connectivity index (χ0v) is 11.4. The van der Waals surface area contributed by atoms with Gasteiger partial charge in [-0.15, -0.1) is 0 Å². The Morgan fingerprint density at radius 2 is 2.18 bits per heavy atom. The number of nitrogen functional groups attached to an aromatic ring is 1. The maximum absolute atomic E-state index is 5.76. The van der Waals surface area contributed by atoms with E-state index in [2.05, 4.69) is 31.1 Å². The molecule has 0 aliphatic carbocycles. The number of nitrogens with two attached hydrogens (primary N) is 1. The van der Waals surface area contributed by atoms with Gasteiger partial charge in [-0.1, -0.05) is 32.1 Å². The molecule has 0 fully saturated rings. The van der Waals surface area contributed by atoms with Crippen molar-refractivity contribution in [1.29, 1.82) is 0 Å². The summed E-state index contributed by atoms with van der Waals surface area (Å²) < 4.78 is 1.14. The van der Waals surface area contributed by atoms with E-state index in [-0.39, 0.29) is 0 Å². The van der Waals surface area contributed by atoms with E-state index >= 15 is 0 Å². The first-order valence-corrected chi connectivity index (χ1v) is 6.72. The molecular formula is C13H19N3S. The van der Waals surface area contributed by atoms with Gasteiger partial charge in [-0.05, 0) is 30.0 Å². The Bertz CT molecular complexity index is 516. The van der Waals surface area contributed by atoms with Crippen LogP contribution in [0.1, 0.15) is 27.2 Å². The summed E-state index contributed by atoms with van der Waals surface area (Å²) in [6.45, 7) is 7.66. The first-order valence-electron chi connectivity index (χ1n) is 5.90. The normalized spacial score (nSPS) is 11.9. The number of nitrogens with zero attached hydrogens (tertiary/aromatic N) is 1. The maximum Gasteiger partial charge on any atom is 0.183 e. The van der Waals surface area contributed by atoms with E-state index in [1.165, 1.54) is 0 Å². The average Bonchev–Trinajstić information content (AvgIpc) is 2.68. The van der Waals surface area contributed by atoms with Crippen molar-refractivity contribution in [3.63, 3.8) is 0 Å². The number of benzene rings is 1. The van der Waals surface area contributed by atoms with Crippen LogP contribution in [0.3, 0.4) is 0 Å². The highest BCUT2D eigenvalue weighted by Crippen LogP contribution is 2.29. The molecular weight excluding hydrogens is 230 g/mol. The predicted molar refractivity (Wildman–Crippen MR) is 76.6 cm³/mol. The van der Waals surface area contributed by atoms with Crippen molar-refractivity contribution in [2.75, 3.05) is 17.6 Å². The molecule has 4 heteroatoms. The Hall–Kier alpha value is -1.29. The van der Waals surface area contributed by atoms with Crippen molar-refractivity contribution in [3.05, 3.63) is 18.2 Å². The van der Waals surface area contributed by atoms with Crippen LogP contribution in [0.4, 0.5) is 10.8 Å². The van der Waals surface area contributed by atoms with Crippen molar-refractivity contribution in [2.24, 2.45) is 5.41 Å². The van der Waals surface area contributed by atoms with Crippen LogP contribution in [-0.4, -0.2) is 11.5 Å². The van der Waals surface area contributed by atoms with E-state index in [0.29, 0.717) is 5.41 Å². The van der Waals surface area contributed by atoms with Crippen LogP contribution >= 0.6 is 11.3 Å². The molecule has 0 aliphatic heterocycles. The summed E-state index contributed by atoms with van der Waals surface area (Å²) in [5.41, 5.74) is 7.87. The highest BCUT2D eigenvalue weighted by molar-refractivity contribution is 7.22. The molecule has 1 heterocycles. The first kappa shape index (κ1) is 12.2. The van der Waals surface area contributed by atoms with Gasteiger partial charge in [0.15, 0.2) is 5.13 Å². The van der Waals surface area contributed by atoms with E-state index in [1.54, 1.807) is 11.3 Å². The maximum atomic E-state index is 5.76. The first-order chi connectivity index (χ1) is 8.00. The monoisotopic (exact) mass is 249 g/mol. The summed E-state index contributed by atoms with van der Waals surface area (Å²) in [5.74, 6) is 0. The van der Waals surface area contributed by atoms with Gasteiger partial charge in [-0.25, -0.2) is 4.98 Å². The number of fused-ring (bicyclic) bond motifs is 1. The standard InChI is InChI=1S/C13H19N3S/c1-4-13(2,3)8-15-12-16-10-6-5-9(14)7-11(10)17-12/h5-7H,4,8,14H2,1-3H3,(H,15,16). The van der Waals surface area contributed by atoms with Crippen molar-refractivity contribution in [3.8, 4) is 0 Å². The van der Waals surface area contributed by atoms with Crippen LogP contribution in [0.25, 0.3) is 10.2 Å². The number of hydrogen-bond donors (Lipinski definition) is 2. The minimum atomic E-state index is 0.302. The molecule has 2 aromatic rings. The van der Waals surface area contributed by atoms with Gasteiger partial charge in [0.1, 0.15) is 0 Å². The van der Waals surface area contributed by atoms with Crippen molar-refractivity contribution in [1.82, 2.24) is 4.98 Å². The van der Waals surface area contributed by atoms with Gasteiger partial charge in [-0.2, -0.15) is 0 Å². The lowest BCUT2D eigenvalue weighted by molar-refractivity contribution is 0.377. The summed E-state index contributed by atoms with van der Waals surface area (Å²) in [6, 6.07) is 5.84. The minimum Gasteiger partial charge on any atom is -0.399 e. The summed E-state index contributed by atoms with van der Waals surface area (Å²) in [7, 11) is 0. The molecule has 92 valence electrons. The SMILES string of the molecule is CCC(C)(C)CNc1nc2ccc(N)cc2s1.